The van der Waals surface area contributed by atoms with Gasteiger partial charge in [-0.25, -0.2) is 8.78 Å². The fourth-order valence-electron chi connectivity index (χ4n) is 1.59. The molecule has 0 aliphatic heterocycles. The van der Waals surface area contributed by atoms with Gasteiger partial charge in [0.2, 0.25) is 0 Å². The van der Waals surface area contributed by atoms with Crippen LogP contribution in [0.15, 0.2) is 36.4 Å². The predicted octanol–water partition coefficient (Wildman–Crippen LogP) is 3.13. The molecule has 0 unspecified atom stereocenters. The number of methoxy groups -OCH3 is 1. The number of halogens is 2. The molecule has 5 heteroatoms. The fraction of sp³-hybridized carbons (Fsp3) is 0.143. The number of hydrogen-bond donors (Lipinski definition) is 1. The molecular formula is C14H13F2NO2. The summed E-state index contributed by atoms with van der Waals surface area (Å²) in [5.41, 5.74) is 6.11. The van der Waals surface area contributed by atoms with Crippen LogP contribution in [0.2, 0.25) is 0 Å². The number of hydrogen-bond acceptors (Lipinski definition) is 3. The van der Waals surface area contributed by atoms with Gasteiger partial charge in [0.25, 0.3) is 0 Å². The van der Waals surface area contributed by atoms with E-state index in [-0.39, 0.29) is 12.3 Å². The summed E-state index contributed by atoms with van der Waals surface area (Å²) in [5.74, 6) is -1.35. The Morgan fingerprint density at radius 1 is 1.05 bits per heavy atom. The smallest absolute Gasteiger partial charge is 0.191 e. The maximum Gasteiger partial charge on any atom is 0.191 e. The molecule has 0 atom stereocenters. The van der Waals surface area contributed by atoms with Gasteiger partial charge in [-0.3, -0.25) is 0 Å². The summed E-state index contributed by atoms with van der Waals surface area (Å²) in [7, 11) is 1.56. The van der Waals surface area contributed by atoms with Crippen LogP contribution in [-0.2, 0) is 6.61 Å². The Bertz CT molecular complexity index is 547. The van der Waals surface area contributed by atoms with E-state index in [2.05, 4.69) is 0 Å². The standard InChI is InChI=1S/C14H13F2NO2/c1-18-11-4-2-9(3-5-11)8-19-14-12(15)6-10(17)7-13(14)16/h2-7H,8,17H2,1H3. The van der Waals surface area contributed by atoms with Gasteiger partial charge in [-0.1, -0.05) is 12.1 Å². The molecule has 0 fully saturated rings. The summed E-state index contributed by atoms with van der Waals surface area (Å²) in [5, 5.41) is 0. The molecule has 0 amide bonds. The molecule has 0 saturated carbocycles. The van der Waals surface area contributed by atoms with E-state index in [0.717, 1.165) is 17.7 Å². The Kier molecular flexibility index (Phi) is 3.85. The first-order valence-electron chi connectivity index (χ1n) is 5.60. The molecule has 0 aliphatic carbocycles. The second kappa shape index (κ2) is 5.56. The van der Waals surface area contributed by atoms with Crippen molar-refractivity contribution < 1.29 is 18.3 Å². The Labute approximate surface area is 109 Å². The van der Waals surface area contributed by atoms with E-state index in [9.17, 15) is 8.78 Å². The van der Waals surface area contributed by atoms with Crippen LogP contribution >= 0.6 is 0 Å². The summed E-state index contributed by atoms with van der Waals surface area (Å²) in [6, 6.07) is 9.04. The molecule has 0 aromatic heterocycles. The highest BCUT2D eigenvalue weighted by Gasteiger charge is 2.11. The van der Waals surface area contributed by atoms with Crippen molar-refractivity contribution in [3.63, 3.8) is 0 Å². The lowest BCUT2D eigenvalue weighted by molar-refractivity contribution is 0.274. The minimum atomic E-state index is -0.814. The second-order valence-electron chi connectivity index (χ2n) is 3.95. The molecule has 0 saturated heterocycles. The minimum absolute atomic E-state index is 0.0202. The second-order valence-corrected chi connectivity index (χ2v) is 3.95. The Hall–Kier alpha value is -2.30. The summed E-state index contributed by atoms with van der Waals surface area (Å²) >= 11 is 0. The van der Waals surface area contributed by atoms with E-state index in [1.54, 1.807) is 31.4 Å². The molecule has 0 spiro atoms. The maximum atomic E-state index is 13.5. The normalized spacial score (nSPS) is 10.3. The third kappa shape index (κ3) is 3.13. The highest BCUT2D eigenvalue weighted by atomic mass is 19.1. The minimum Gasteiger partial charge on any atom is -0.497 e. The first-order chi connectivity index (χ1) is 9.10. The Balaban J connectivity index is 2.10. The molecule has 0 heterocycles. The highest BCUT2D eigenvalue weighted by molar-refractivity contribution is 5.44. The zero-order valence-corrected chi connectivity index (χ0v) is 10.3. The average molecular weight is 265 g/mol. The molecule has 0 aliphatic rings. The summed E-state index contributed by atoms with van der Waals surface area (Å²) in [4.78, 5) is 0. The van der Waals surface area contributed by atoms with Crippen molar-refractivity contribution in [1.82, 2.24) is 0 Å². The van der Waals surface area contributed by atoms with Gasteiger partial charge < -0.3 is 15.2 Å². The molecule has 2 N–H and O–H groups in total. The molecule has 19 heavy (non-hydrogen) atoms. The van der Waals surface area contributed by atoms with Gasteiger partial charge in [0.1, 0.15) is 12.4 Å². The summed E-state index contributed by atoms with van der Waals surface area (Å²) in [6.45, 7) is 0.0573. The number of anilines is 1. The van der Waals surface area contributed by atoms with Crippen molar-refractivity contribution in [2.75, 3.05) is 12.8 Å². The van der Waals surface area contributed by atoms with Crippen molar-refractivity contribution in [1.29, 1.82) is 0 Å². The van der Waals surface area contributed by atoms with Crippen LogP contribution in [0.25, 0.3) is 0 Å². The molecule has 2 aromatic rings. The molecule has 0 radical (unpaired) electrons. The van der Waals surface area contributed by atoms with Crippen LogP contribution in [-0.4, -0.2) is 7.11 Å². The van der Waals surface area contributed by atoms with Crippen molar-refractivity contribution in [2.45, 2.75) is 6.61 Å². The zero-order chi connectivity index (χ0) is 13.8. The van der Waals surface area contributed by atoms with Crippen LogP contribution in [0.3, 0.4) is 0 Å². The van der Waals surface area contributed by atoms with E-state index in [1.807, 2.05) is 0 Å². The van der Waals surface area contributed by atoms with Crippen LogP contribution < -0.4 is 15.2 Å². The Morgan fingerprint density at radius 3 is 2.16 bits per heavy atom. The van der Waals surface area contributed by atoms with Gasteiger partial charge in [-0.15, -0.1) is 0 Å². The van der Waals surface area contributed by atoms with Gasteiger partial charge in [-0.05, 0) is 17.7 Å². The number of nitrogen functional groups attached to an aromatic ring is 1. The van der Waals surface area contributed by atoms with E-state index >= 15 is 0 Å². The van der Waals surface area contributed by atoms with Crippen molar-refractivity contribution >= 4 is 5.69 Å². The maximum absolute atomic E-state index is 13.5. The summed E-state index contributed by atoms with van der Waals surface area (Å²) < 4.78 is 37.1. The van der Waals surface area contributed by atoms with Crippen LogP contribution in [0.1, 0.15) is 5.56 Å². The van der Waals surface area contributed by atoms with Crippen molar-refractivity contribution in [3.05, 3.63) is 53.6 Å². The average Bonchev–Trinajstić information content (AvgIpc) is 2.38. The molecule has 100 valence electrons. The quantitative estimate of drug-likeness (QED) is 0.864. The van der Waals surface area contributed by atoms with E-state index < -0.39 is 17.4 Å². The molecular weight excluding hydrogens is 252 g/mol. The van der Waals surface area contributed by atoms with Gasteiger partial charge in [0.15, 0.2) is 17.4 Å². The third-order valence-corrected chi connectivity index (χ3v) is 2.56. The fourth-order valence-corrected chi connectivity index (χ4v) is 1.59. The van der Waals surface area contributed by atoms with Gasteiger partial charge >= 0.3 is 0 Å². The SMILES string of the molecule is COc1ccc(COc2c(F)cc(N)cc2F)cc1. The lowest BCUT2D eigenvalue weighted by atomic mass is 10.2. The van der Waals surface area contributed by atoms with Crippen molar-refractivity contribution in [3.8, 4) is 11.5 Å². The van der Waals surface area contributed by atoms with Gasteiger partial charge in [0, 0.05) is 17.8 Å². The molecule has 3 nitrogen and oxygen atoms in total. The van der Waals surface area contributed by atoms with Gasteiger partial charge in [-0.2, -0.15) is 0 Å². The topological polar surface area (TPSA) is 44.5 Å². The lowest BCUT2D eigenvalue weighted by Gasteiger charge is -2.09. The van der Waals surface area contributed by atoms with E-state index in [4.69, 9.17) is 15.2 Å². The Morgan fingerprint density at radius 2 is 1.63 bits per heavy atom. The van der Waals surface area contributed by atoms with Crippen LogP contribution in [0.5, 0.6) is 11.5 Å². The van der Waals surface area contributed by atoms with Crippen LogP contribution in [0, 0.1) is 11.6 Å². The molecule has 2 rings (SSSR count). The third-order valence-electron chi connectivity index (χ3n) is 2.56. The van der Waals surface area contributed by atoms with E-state index in [1.165, 1.54) is 0 Å². The molecule has 0 bridgehead atoms. The molecule has 2 aromatic carbocycles. The number of benzene rings is 2. The first kappa shape index (κ1) is 13.1. The number of rotatable bonds is 4. The predicted molar refractivity (Wildman–Crippen MR) is 68.1 cm³/mol. The lowest BCUT2D eigenvalue weighted by Crippen LogP contribution is -2.01. The monoisotopic (exact) mass is 265 g/mol. The number of ether oxygens (including phenoxy) is 2. The highest BCUT2D eigenvalue weighted by Crippen LogP contribution is 2.25. The van der Waals surface area contributed by atoms with Gasteiger partial charge in [0.05, 0.1) is 7.11 Å². The van der Waals surface area contributed by atoms with Crippen LogP contribution in [0.4, 0.5) is 14.5 Å². The first-order valence-corrected chi connectivity index (χ1v) is 5.60. The largest absolute Gasteiger partial charge is 0.497 e. The van der Waals surface area contributed by atoms with Crippen molar-refractivity contribution in [2.24, 2.45) is 0 Å². The van der Waals surface area contributed by atoms with E-state index in [0.29, 0.717) is 5.75 Å². The summed E-state index contributed by atoms with van der Waals surface area (Å²) in [6.07, 6.45) is 0. The number of nitrogens with two attached hydrogens (primary N) is 1. The zero-order valence-electron chi connectivity index (χ0n) is 10.3.